The molecular weight excluding hydrogens is 168 g/mol. The molecule has 1 amide bonds. The first-order valence-electron chi connectivity index (χ1n) is 2.84. The number of thioether (sulfide) groups is 1. The normalized spacial score (nSPS) is 12.5. The zero-order valence-corrected chi connectivity index (χ0v) is 6.56. The summed E-state index contributed by atoms with van der Waals surface area (Å²) in [4.78, 5) is 20.2. The minimum Gasteiger partial charge on any atom is -0.480 e. The molecule has 0 aromatic carbocycles. The van der Waals surface area contributed by atoms with Crippen LogP contribution in [-0.2, 0) is 9.59 Å². The van der Waals surface area contributed by atoms with Crippen molar-refractivity contribution >= 4 is 23.6 Å². The summed E-state index contributed by atoms with van der Waals surface area (Å²) in [6, 6.07) is -0.945. The van der Waals surface area contributed by atoms with Gasteiger partial charge in [0.15, 0.2) is 0 Å². The lowest BCUT2D eigenvalue weighted by molar-refractivity contribution is -0.137. The number of carboxylic acids is 1. The third-order valence-corrected chi connectivity index (χ3v) is 1.91. The van der Waals surface area contributed by atoms with Crippen molar-refractivity contribution in [2.45, 2.75) is 6.04 Å². The van der Waals surface area contributed by atoms with Gasteiger partial charge in [-0.05, 0) is 0 Å². The molecular formula is C5H9N2O3S. The maximum atomic E-state index is 10.1. The lowest BCUT2D eigenvalue weighted by Gasteiger charge is -2.02. The third kappa shape index (κ3) is 5.68. The van der Waals surface area contributed by atoms with E-state index < -0.39 is 17.9 Å². The molecule has 0 aliphatic rings. The molecule has 11 heavy (non-hydrogen) atoms. The number of amides is 1. The molecule has 0 rings (SSSR count). The number of nitrogens with two attached hydrogens (primary N) is 1. The van der Waals surface area contributed by atoms with E-state index in [1.54, 1.807) is 0 Å². The van der Waals surface area contributed by atoms with Crippen molar-refractivity contribution in [3.63, 3.8) is 0 Å². The van der Waals surface area contributed by atoms with E-state index in [-0.39, 0.29) is 11.5 Å². The second-order valence-electron chi connectivity index (χ2n) is 1.88. The van der Waals surface area contributed by atoms with Crippen molar-refractivity contribution in [1.82, 2.24) is 5.73 Å². The number of hydrogen-bond donors (Lipinski definition) is 2. The quantitative estimate of drug-likeness (QED) is 0.557. The first kappa shape index (κ1) is 10.2. The van der Waals surface area contributed by atoms with Gasteiger partial charge in [-0.3, -0.25) is 15.3 Å². The first-order valence-corrected chi connectivity index (χ1v) is 4.00. The number of aliphatic carboxylic acids is 1. The molecule has 0 saturated carbocycles. The van der Waals surface area contributed by atoms with Crippen LogP contribution in [0.1, 0.15) is 0 Å². The van der Waals surface area contributed by atoms with Gasteiger partial charge in [-0.25, -0.2) is 0 Å². The molecule has 1 unspecified atom stereocenters. The van der Waals surface area contributed by atoms with Crippen molar-refractivity contribution < 1.29 is 14.7 Å². The van der Waals surface area contributed by atoms with Crippen LogP contribution in [0.3, 0.4) is 0 Å². The molecule has 0 aromatic rings. The van der Waals surface area contributed by atoms with Gasteiger partial charge >= 0.3 is 5.97 Å². The highest BCUT2D eigenvalue weighted by atomic mass is 32.2. The minimum absolute atomic E-state index is 0.000972. The fourth-order valence-corrected chi connectivity index (χ4v) is 1.05. The van der Waals surface area contributed by atoms with E-state index in [1.807, 2.05) is 0 Å². The molecule has 6 heteroatoms. The van der Waals surface area contributed by atoms with Crippen molar-refractivity contribution in [1.29, 1.82) is 0 Å². The second kappa shape index (κ2) is 4.97. The highest BCUT2D eigenvalue weighted by Gasteiger charge is 2.11. The molecule has 0 fully saturated rings. The maximum Gasteiger partial charge on any atom is 0.321 e. The number of nitrogens with one attached hydrogen (secondary N) is 1. The van der Waals surface area contributed by atoms with E-state index >= 15 is 0 Å². The fourth-order valence-electron chi connectivity index (χ4n) is 0.350. The predicted octanol–water partition coefficient (Wildman–Crippen LogP) is -1.06. The van der Waals surface area contributed by atoms with Crippen LogP contribution in [0.5, 0.6) is 0 Å². The smallest absolute Gasteiger partial charge is 0.321 e. The van der Waals surface area contributed by atoms with Gasteiger partial charge in [-0.2, -0.15) is 0 Å². The van der Waals surface area contributed by atoms with Gasteiger partial charge in [-0.1, -0.05) is 0 Å². The Morgan fingerprint density at radius 3 is 2.55 bits per heavy atom. The molecule has 0 aliphatic carbocycles. The monoisotopic (exact) mass is 177 g/mol. The van der Waals surface area contributed by atoms with Crippen LogP contribution in [0.4, 0.5) is 0 Å². The van der Waals surface area contributed by atoms with Crippen LogP contribution in [-0.4, -0.2) is 34.5 Å². The summed E-state index contributed by atoms with van der Waals surface area (Å²) in [5.74, 6) is -1.64. The summed E-state index contributed by atoms with van der Waals surface area (Å²) in [5.41, 5.74) is 11.6. The van der Waals surface area contributed by atoms with E-state index in [4.69, 9.17) is 16.6 Å². The van der Waals surface area contributed by atoms with Gasteiger partial charge < -0.3 is 10.8 Å². The predicted molar refractivity (Wildman–Crippen MR) is 41.0 cm³/mol. The maximum absolute atomic E-state index is 10.1. The zero-order chi connectivity index (χ0) is 8.85. The molecule has 0 spiro atoms. The van der Waals surface area contributed by atoms with Crippen molar-refractivity contribution in [3.8, 4) is 0 Å². The van der Waals surface area contributed by atoms with E-state index in [0.29, 0.717) is 0 Å². The Balaban J connectivity index is 3.39. The van der Waals surface area contributed by atoms with Gasteiger partial charge in [0.25, 0.3) is 0 Å². The molecule has 0 heterocycles. The minimum atomic E-state index is -1.09. The molecule has 5 nitrogen and oxygen atoms in total. The number of carbonyl (C=O) groups is 2. The standard InChI is InChI=1S/C5H9N2O3S/c6-3(5(9)10)1-11-2-4(7)8/h3,7H,1-2,6H2,(H,9,10). The summed E-state index contributed by atoms with van der Waals surface area (Å²) in [5, 5.41) is 8.28. The van der Waals surface area contributed by atoms with Crippen molar-refractivity contribution in [3.05, 3.63) is 0 Å². The average Bonchev–Trinajstić information content (AvgIpc) is 1.86. The zero-order valence-electron chi connectivity index (χ0n) is 5.74. The highest BCUT2D eigenvalue weighted by molar-refractivity contribution is 8.00. The Kier molecular flexibility index (Phi) is 4.64. The van der Waals surface area contributed by atoms with E-state index in [2.05, 4.69) is 0 Å². The van der Waals surface area contributed by atoms with Crippen LogP contribution < -0.4 is 11.5 Å². The van der Waals surface area contributed by atoms with E-state index in [0.717, 1.165) is 11.8 Å². The summed E-state index contributed by atoms with van der Waals surface area (Å²) in [7, 11) is 0. The van der Waals surface area contributed by atoms with Crippen LogP contribution in [0, 0.1) is 0 Å². The number of hydrogen-bond acceptors (Lipinski definition) is 4. The SMILES string of the molecule is [NH]C(=O)CSCC(N)C(=O)O. The van der Waals surface area contributed by atoms with Gasteiger partial charge in [0, 0.05) is 5.75 Å². The van der Waals surface area contributed by atoms with Crippen LogP contribution in [0.15, 0.2) is 0 Å². The summed E-state index contributed by atoms with van der Waals surface area (Å²) >= 11 is 1.05. The summed E-state index contributed by atoms with van der Waals surface area (Å²) in [6.45, 7) is 0. The van der Waals surface area contributed by atoms with E-state index in [1.165, 1.54) is 0 Å². The topological polar surface area (TPSA) is 104 Å². The van der Waals surface area contributed by atoms with Gasteiger partial charge in [0.05, 0.1) is 5.75 Å². The van der Waals surface area contributed by atoms with Gasteiger partial charge in [0.2, 0.25) is 5.91 Å². The molecule has 63 valence electrons. The molecule has 0 aliphatic heterocycles. The third-order valence-electron chi connectivity index (χ3n) is 0.848. The number of carboxylic acid groups (broad SMARTS) is 1. The van der Waals surface area contributed by atoms with Crippen LogP contribution >= 0.6 is 11.8 Å². The first-order chi connectivity index (χ1) is 5.04. The Labute approximate surface area is 68.1 Å². The Hall–Kier alpha value is -0.750. The molecule has 0 bridgehead atoms. The molecule has 0 saturated heterocycles. The molecule has 1 atom stereocenters. The lowest BCUT2D eigenvalue weighted by atomic mass is 10.4. The Morgan fingerprint density at radius 1 is 1.64 bits per heavy atom. The summed E-state index contributed by atoms with van der Waals surface area (Å²) in [6.07, 6.45) is 0. The van der Waals surface area contributed by atoms with Crippen LogP contribution in [0.2, 0.25) is 0 Å². The molecule has 4 N–H and O–H groups in total. The fraction of sp³-hybridized carbons (Fsp3) is 0.600. The van der Waals surface area contributed by atoms with Gasteiger partial charge in [0.1, 0.15) is 6.04 Å². The Bertz CT molecular complexity index is 162. The van der Waals surface area contributed by atoms with E-state index in [9.17, 15) is 9.59 Å². The number of rotatable bonds is 5. The van der Waals surface area contributed by atoms with Crippen LogP contribution in [0.25, 0.3) is 0 Å². The van der Waals surface area contributed by atoms with Crippen molar-refractivity contribution in [2.24, 2.45) is 5.73 Å². The highest BCUT2D eigenvalue weighted by Crippen LogP contribution is 2.00. The van der Waals surface area contributed by atoms with Gasteiger partial charge in [-0.15, -0.1) is 11.8 Å². The average molecular weight is 177 g/mol. The lowest BCUT2D eigenvalue weighted by Crippen LogP contribution is -2.32. The molecule has 0 aromatic heterocycles. The summed E-state index contributed by atoms with van der Waals surface area (Å²) < 4.78 is 0. The van der Waals surface area contributed by atoms with Crippen molar-refractivity contribution in [2.75, 3.05) is 11.5 Å². The molecule has 1 radical (unpaired) electrons. The Morgan fingerprint density at radius 2 is 2.18 bits per heavy atom. The number of carbonyl (C=O) groups excluding carboxylic acids is 1. The second-order valence-corrected chi connectivity index (χ2v) is 2.91. The largest absolute Gasteiger partial charge is 0.480 e.